The molecule has 2 saturated carbocycles. The van der Waals surface area contributed by atoms with E-state index in [1.54, 1.807) is 0 Å². The maximum Gasteiger partial charge on any atom is 0.127 e. The molecule has 2 bridgehead atoms. The van der Waals surface area contributed by atoms with Crippen molar-refractivity contribution < 1.29 is 4.79 Å². The summed E-state index contributed by atoms with van der Waals surface area (Å²) < 4.78 is 0. The fourth-order valence-corrected chi connectivity index (χ4v) is 2.54. The van der Waals surface area contributed by atoms with Crippen LogP contribution in [0.1, 0.15) is 25.7 Å². The van der Waals surface area contributed by atoms with E-state index in [4.69, 9.17) is 5.73 Å². The van der Waals surface area contributed by atoms with Gasteiger partial charge in [-0.05, 0) is 31.6 Å². The Kier molecular flexibility index (Phi) is 1.15. The summed E-state index contributed by atoms with van der Waals surface area (Å²) in [4.78, 5) is 10.7. The van der Waals surface area contributed by atoms with Crippen LogP contribution in [-0.4, -0.2) is 12.3 Å². The maximum atomic E-state index is 10.7. The van der Waals surface area contributed by atoms with Crippen molar-refractivity contribution >= 4 is 6.29 Å². The highest BCUT2D eigenvalue weighted by molar-refractivity contribution is 5.62. The van der Waals surface area contributed by atoms with E-state index >= 15 is 0 Å². The lowest BCUT2D eigenvalue weighted by Gasteiger charge is -2.25. The van der Waals surface area contributed by atoms with Crippen LogP contribution in [0, 0.1) is 11.3 Å². The Bertz CT molecular complexity index is 169. The van der Waals surface area contributed by atoms with Crippen molar-refractivity contribution in [3.63, 3.8) is 0 Å². The average molecular weight is 139 g/mol. The second-order valence-corrected chi connectivity index (χ2v) is 3.80. The van der Waals surface area contributed by atoms with E-state index < -0.39 is 0 Å². The van der Waals surface area contributed by atoms with E-state index in [9.17, 15) is 4.79 Å². The van der Waals surface area contributed by atoms with E-state index in [1.165, 1.54) is 6.42 Å². The van der Waals surface area contributed by atoms with E-state index in [1.807, 2.05) is 0 Å². The number of rotatable bonds is 1. The molecular weight excluding hydrogens is 126 g/mol. The van der Waals surface area contributed by atoms with E-state index in [-0.39, 0.29) is 11.5 Å². The zero-order valence-electron chi connectivity index (χ0n) is 6.05. The molecule has 0 aliphatic heterocycles. The molecule has 56 valence electrons. The molecule has 3 unspecified atom stereocenters. The topological polar surface area (TPSA) is 43.1 Å². The quantitative estimate of drug-likeness (QED) is 0.543. The summed E-state index contributed by atoms with van der Waals surface area (Å²) in [6.45, 7) is 0. The number of hydrogen-bond acceptors (Lipinski definition) is 2. The smallest absolute Gasteiger partial charge is 0.127 e. The van der Waals surface area contributed by atoms with Gasteiger partial charge in [-0.2, -0.15) is 0 Å². The molecule has 0 radical (unpaired) electrons. The molecule has 2 rings (SSSR count). The molecule has 2 N–H and O–H groups in total. The number of hydrogen-bond donors (Lipinski definition) is 1. The Hall–Kier alpha value is -0.370. The first-order chi connectivity index (χ1) is 4.77. The fourth-order valence-electron chi connectivity index (χ4n) is 2.54. The molecule has 2 aliphatic rings. The van der Waals surface area contributed by atoms with Gasteiger partial charge in [-0.3, -0.25) is 0 Å². The van der Waals surface area contributed by atoms with Crippen LogP contribution in [0.3, 0.4) is 0 Å². The molecule has 0 heterocycles. The minimum Gasteiger partial charge on any atom is -0.327 e. The highest BCUT2D eigenvalue weighted by Gasteiger charge is 2.50. The van der Waals surface area contributed by atoms with Crippen LogP contribution in [0.2, 0.25) is 0 Å². The summed E-state index contributed by atoms with van der Waals surface area (Å²) in [5.41, 5.74) is 5.74. The van der Waals surface area contributed by atoms with Crippen LogP contribution in [-0.2, 0) is 4.79 Å². The van der Waals surface area contributed by atoms with Crippen LogP contribution in [0.4, 0.5) is 0 Å². The van der Waals surface area contributed by atoms with Crippen LogP contribution >= 0.6 is 0 Å². The van der Waals surface area contributed by atoms with Crippen molar-refractivity contribution in [3.05, 3.63) is 0 Å². The molecule has 0 amide bonds. The Labute approximate surface area is 60.8 Å². The van der Waals surface area contributed by atoms with Crippen LogP contribution < -0.4 is 5.73 Å². The Morgan fingerprint density at radius 1 is 1.60 bits per heavy atom. The van der Waals surface area contributed by atoms with Crippen LogP contribution in [0.15, 0.2) is 0 Å². The van der Waals surface area contributed by atoms with E-state index in [0.717, 1.165) is 31.5 Å². The van der Waals surface area contributed by atoms with Gasteiger partial charge in [0.1, 0.15) is 6.29 Å². The third-order valence-electron chi connectivity index (χ3n) is 3.25. The molecule has 0 aromatic heterocycles. The van der Waals surface area contributed by atoms with Crippen LogP contribution in [0.5, 0.6) is 0 Å². The number of carbonyl (C=O) groups excluding carboxylic acids is 1. The summed E-state index contributed by atoms with van der Waals surface area (Å²) in [6.07, 6.45) is 5.52. The minimum absolute atomic E-state index is 0.0926. The highest BCUT2D eigenvalue weighted by atomic mass is 16.1. The third-order valence-corrected chi connectivity index (χ3v) is 3.25. The normalized spacial score (nSPS) is 51.7. The van der Waals surface area contributed by atoms with Crippen LogP contribution in [0.25, 0.3) is 0 Å². The van der Waals surface area contributed by atoms with Gasteiger partial charge in [0.15, 0.2) is 0 Å². The molecular formula is C8H13NO. The third kappa shape index (κ3) is 0.601. The zero-order valence-corrected chi connectivity index (χ0v) is 6.05. The molecule has 3 atom stereocenters. The van der Waals surface area contributed by atoms with Gasteiger partial charge in [-0.1, -0.05) is 0 Å². The second kappa shape index (κ2) is 1.82. The average Bonchev–Trinajstić information content (AvgIpc) is 2.44. The molecule has 10 heavy (non-hydrogen) atoms. The number of nitrogens with two attached hydrogens (primary N) is 1. The van der Waals surface area contributed by atoms with Crippen molar-refractivity contribution in [2.24, 2.45) is 17.1 Å². The molecule has 2 heteroatoms. The van der Waals surface area contributed by atoms with Gasteiger partial charge in [0.25, 0.3) is 0 Å². The Morgan fingerprint density at radius 2 is 2.40 bits per heavy atom. The first kappa shape index (κ1) is 6.35. The lowest BCUT2D eigenvalue weighted by molar-refractivity contribution is -0.116. The first-order valence-corrected chi connectivity index (χ1v) is 3.99. The molecule has 2 nitrogen and oxygen atoms in total. The van der Waals surface area contributed by atoms with Crippen molar-refractivity contribution in [2.75, 3.05) is 0 Å². The SMILES string of the molecule is NC1CC2CCC1(C=O)C2. The maximum absolute atomic E-state index is 10.7. The van der Waals surface area contributed by atoms with E-state index in [0.29, 0.717) is 0 Å². The molecule has 2 aliphatic carbocycles. The number of fused-ring (bicyclic) bond motifs is 2. The lowest BCUT2D eigenvalue weighted by Crippen LogP contribution is -2.38. The molecule has 0 spiro atoms. The molecule has 0 aromatic carbocycles. The Balaban J connectivity index is 2.26. The summed E-state index contributed by atoms with van der Waals surface area (Å²) in [5, 5.41) is 0. The van der Waals surface area contributed by atoms with Gasteiger partial charge in [-0.25, -0.2) is 0 Å². The van der Waals surface area contributed by atoms with Crippen molar-refractivity contribution in [1.82, 2.24) is 0 Å². The van der Waals surface area contributed by atoms with Gasteiger partial charge < -0.3 is 10.5 Å². The van der Waals surface area contributed by atoms with Gasteiger partial charge in [-0.15, -0.1) is 0 Å². The zero-order chi connectivity index (χ0) is 7.19. The largest absolute Gasteiger partial charge is 0.327 e. The standard InChI is InChI=1S/C8H13NO/c9-7-3-6-1-2-8(7,4-6)5-10/h5-7H,1-4,9H2. The van der Waals surface area contributed by atoms with Gasteiger partial charge >= 0.3 is 0 Å². The summed E-state index contributed by atoms with van der Waals surface area (Å²) in [6, 6.07) is 0.170. The Morgan fingerprint density at radius 3 is 2.70 bits per heavy atom. The lowest BCUT2D eigenvalue weighted by atomic mass is 9.82. The molecule has 2 fully saturated rings. The predicted octanol–water partition coefficient (Wildman–Crippen LogP) is 0.703. The number of carbonyl (C=O) groups is 1. The number of aldehydes is 1. The summed E-state index contributed by atoms with van der Waals surface area (Å²) >= 11 is 0. The van der Waals surface area contributed by atoms with Crippen molar-refractivity contribution in [2.45, 2.75) is 31.7 Å². The minimum atomic E-state index is -0.0926. The monoisotopic (exact) mass is 139 g/mol. The van der Waals surface area contributed by atoms with Gasteiger partial charge in [0.05, 0.1) is 0 Å². The molecule has 0 aromatic rings. The van der Waals surface area contributed by atoms with Crippen molar-refractivity contribution in [3.8, 4) is 0 Å². The van der Waals surface area contributed by atoms with E-state index in [2.05, 4.69) is 0 Å². The molecule has 0 saturated heterocycles. The fraction of sp³-hybridized carbons (Fsp3) is 0.875. The van der Waals surface area contributed by atoms with Gasteiger partial charge in [0, 0.05) is 11.5 Å². The second-order valence-electron chi connectivity index (χ2n) is 3.80. The summed E-state index contributed by atoms with van der Waals surface area (Å²) in [5.74, 6) is 0.764. The summed E-state index contributed by atoms with van der Waals surface area (Å²) in [7, 11) is 0. The van der Waals surface area contributed by atoms with Gasteiger partial charge in [0.2, 0.25) is 0 Å². The first-order valence-electron chi connectivity index (χ1n) is 3.99. The predicted molar refractivity (Wildman–Crippen MR) is 38.4 cm³/mol. The highest BCUT2D eigenvalue weighted by Crippen LogP contribution is 2.51. The van der Waals surface area contributed by atoms with Crippen molar-refractivity contribution in [1.29, 1.82) is 0 Å².